The molecule has 0 saturated carbocycles. The molecule has 0 N–H and O–H groups in total. The minimum atomic E-state index is -0.361. The van der Waals surface area contributed by atoms with Crippen LogP contribution < -0.4 is 9.47 Å². The molecule has 0 bridgehead atoms. The minimum absolute atomic E-state index is 0.361. The first kappa shape index (κ1) is 12.2. The van der Waals surface area contributed by atoms with Crippen molar-refractivity contribution >= 4 is 5.97 Å². The average molecular weight is 242 g/mol. The van der Waals surface area contributed by atoms with E-state index in [0.717, 1.165) is 11.3 Å². The molecule has 2 aromatic carbocycles. The molecule has 18 heavy (non-hydrogen) atoms. The van der Waals surface area contributed by atoms with Crippen LogP contribution in [0.5, 0.6) is 11.5 Å². The zero-order valence-electron chi connectivity index (χ0n) is 10.3. The Kier molecular flexibility index (Phi) is 3.63. The van der Waals surface area contributed by atoms with Gasteiger partial charge in [0.1, 0.15) is 11.5 Å². The minimum Gasteiger partial charge on any atom is -0.496 e. The van der Waals surface area contributed by atoms with Crippen LogP contribution in [0, 0.1) is 6.92 Å². The van der Waals surface area contributed by atoms with Crippen molar-refractivity contribution in [3.05, 3.63) is 59.7 Å². The van der Waals surface area contributed by atoms with Gasteiger partial charge in [0.2, 0.25) is 0 Å². The number of hydrogen-bond acceptors (Lipinski definition) is 3. The van der Waals surface area contributed by atoms with Crippen LogP contribution in [0.1, 0.15) is 15.9 Å². The smallest absolute Gasteiger partial charge is 0.343 e. The molecular weight excluding hydrogens is 228 g/mol. The van der Waals surface area contributed by atoms with Crippen molar-refractivity contribution in [3.63, 3.8) is 0 Å². The Balaban J connectivity index is 2.15. The molecule has 0 amide bonds. The lowest BCUT2D eigenvalue weighted by molar-refractivity contribution is 0.0734. The summed E-state index contributed by atoms with van der Waals surface area (Å²) >= 11 is 0. The molecule has 2 aromatic rings. The van der Waals surface area contributed by atoms with Crippen LogP contribution in [0.15, 0.2) is 48.5 Å². The summed E-state index contributed by atoms with van der Waals surface area (Å²) in [5.74, 6) is 0.928. The molecule has 0 radical (unpaired) electrons. The van der Waals surface area contributed by atoms with E-state index >= 15 is 0 Å². The van der Waals surface area contributed by atoms with Gasteiger partial charge in [-0.1, -0.05) is 18.2 Å². The second-order valence-corrected chi connectivity index (χ2v) is 3.89. The van der Waals surface area contributed by atoms with Gasteiger partial charge < -0.3 is 9.47 Å². The van der Waals surface area contributed by atoms with Gasteiger partial charge in [-0.3, -0.25) is 0 Å². The molecule has 92 valence electrons. The van der Waals surface area contributed by atoms with Gasteiger partial charge in [0.05, 0.1) is 12.7 Å². The van der Waals surface area contributed by atoms with E-state index < -0.39 is 0 Å². The third-order valence-electron chi connectivity index (χ3n) is 2.59. The third-order valence-corrected chi connectivity index (χ3v) is 2.59. The number of benzene rings is 2. The van der Waals surface area contributed by atoms with Gasteiger partial charge in [-0.05, 0) is 42.8 Å². The second kappa shape index (κ2) is 5.36. The summed E-state index contributed by atoms with van der Waals surface area (Å²) in [4.78, 5) is 11.8. The number of methoxy groups -OCH3 is 1. The summed E-state index contributed by atoms with van der Waals surface area (Å²) in [6, 6.07) is 14.2. The van der Waals surface area contributed by atoms with Crippen LogP contribution in [0.2, 0.25) is 0 Å². The van der Waals surface area contributed by atoms with Gasteiger partial charge in [-0.2, -0.15) is 0 Å². The quantitative estimate of drug-likeness (QED) is 0.612. The van der Waals surface area contributed by atoms with E-state index in [-0.39, 0.29) is 5.97 Å². The van der Waals surface area contributed by atoms with Gasteiger partial charge >= 0.3 is 5.97 Å². The first-order valence-electron chi connectivity index (χ1n) is 5.62. The van der Waals surface area contributed by atoms with Crippen LogP contribution in [-0.4, -0.2) is 13.1 Å². The summed E-state index contributed by atoms with van der Waals surface area (Å²) in [5.41, 5.74) is 1.46. The summed E-state index contributed by atoms with van der Waals surface area (Å²) in [5, 5.41) is 0. The average Bonchev–Trinajstić information content (AvgIpc) is 2.40. The highest BCUT2D eigenvalue weighted by Crippen LogP contribution is 2.23. The maximum absolute atomic E-state index is 11.8. The Morgan fingerprint density at radius 3 is 2.39 bits per heavy atom. The van der Waals surface area contributed by atoms with E-state index in [9.17, 15) is 4.79 Å². The Morgan fingerprint density at radius 2 is 1.78 bits per heavy atom. The summed E-state index contributed by atoms with van der Waals surface area (Å²) in [6.07, 6.45) is 0. The zero-order valence-corrected chi connectivity index (χ0v) is 10.3. The molecule has 0 aliphatic heterocycles. The van der Waals surface area contributed by atoms with Crippen molar-refractivity contribution < 1.29 is 14.3 Å². The molecule has 0 aliphatic rings. The molecule has 0 aromatic heterocycles. The van der Waals surface area contributed by atoms with E-state index in [0.29, 0.717) is 11.3 Å². The number of aryl methyl sites for hydroxylation is 1. The van der Waals surface area contributed by atoms with Crippen LogP contribution in [0.25, 0.3) is 0 Å². The molecule has 0 saturated heterocycles. The molecule has 0 unspecified atom stereocenters. The van der Waals surface area contributed by atoms with E-state index in [4.69, 9.17) is 9.47 Å². The van der Waals surface area contributed by atoms with Crippen LogP contribution in [-0.2, 0) is 0 Å². The summed E-state index contributed by atoms with van der Waals surface area (Å²) in [6.45, 7) is 1.90. The third kappa shape index (κ3) is 2.69. The summed E-state index contributed by atoms with van der Waals surface area (Å²) in [7, 11) is 1.61. The van der Waals surface area contributed by atoms with Crippen molar-refractivity contribution in [2.45, 2.75) is 6.92 Å². The number of rotatable bonds is 3. The van der Waals surface area contributed by atoms with Crippen molar-refractivity contribution in [3.8, 4) is 11.5 Å². The standard InChI is InChI=1S/C15H14O3/c1-11-10-13(8-9-14(11)17-2)18-15(16)12-6-4-3-5-7-12/h3-10H,1-2H3. The van der Waals surface area contributed by atoms with Crippen LogP contribution >= 0.6 is 0 Å². The van der Waals surface area contributed by atoms with Gasteiger partial charge in [-0.25, -0.2) is 4.79 Å². The normalized spacial score (nSPS) is 9.89. The molecular formula is C15H14O3. The number of carbonyl (C=O) groups excluding carboxylic acids is 1. The molecule has 0 atom stereocenters. The van der Waals surface area contributed by atoms with E-state index in [1.165, 1.54) is 0 Å². The lowest BCUT2D eigenvalue weighted by Gasteiger charge is -2.08. The van der Waals surface area contributed by atoms with Gasteiger partial charge in [0.25, 0.3) is 0 Å². The number of carbonyl (C=O) groups is 1. The van der Waals surface area contributed by atoms with Crippen molar-refractivity contribution in [2.24, 2.45) is 0 Å². The van der Waals surface area contributed by atoms with Gasteiger partial charge in [0, 0.05) is 0 Å². The van der Waals surface area contributed by atoms with Gasteiger partial charge in [0.15, 0.2) is 0 Å². The Labute approximate surface area is 106 Å². The SMILES string of the molecule is COc1ccc(OC(=O)c2ccccc2)cc1C. The fraction of sp³-hybridized carbons (Fsp3) is 0.133. The molecule has 0 aliphatic carbocycles. The Morgan fingerprint density at radius 1 is 1.06 bits per heavy atom. The van der Waals surface area contributed by atoms with Gasteiger partial charge in [-0.15, -0.1) is 0 Å². The van der Waals surface area contributed by atoms with Crippen molar-refractivity contribution in [1.82, 2.24) is 0 Å². The number of esters is 1. The largest absolute Gasteiger partial charge is 0.496 e. The van der Waals surface area contributed by atoms with Crippen LogP contribution in [0.3, 0.4) is 0 Å². The van der Waals surface area contributed by atoms with E-state index in [1.807, 2.05) is 13.0 Å². The van der Waals surface area contributed by atoms with Crippen LogP contribution in [0.4, 0.5) is 0 Å². The fourth-order valence-corrected chi connectivity index (χ4v) is 1.65. The molecule has 3 heteroatoms. The topological polar surface area (TPSA) is 35.5 Å². The first-order chi connectivity index (χ1) is 8.70. The highest BCUT2D eigenvalue weighted by Gasteiger charge is 2.08. The van der Waals surface area contributed by atoms with Crippen molar-refractivity contribution in [2.75, 3.05) is 7.11 Å². The molecule has 0 spiro atoms. The number of ether oxygens (including phenoxy) is 2. The fourth-order valence-electron chi connectivity index (χ4n) is 1.65. The maximum atomic E-state index is 11.8. The highest BCUT2D eigenvalue weighted by atomic mass is 16.5. The highest BCUT2D eigenvalue weighted by molar-refractivity contribution is 5.90. The molecule has 0 heterocycles. The number of hydrogen-bond donors (Lipinski definition) is 0. The van der Waals surface area contributed by atoms with E-state index in [2.05, 4.69) is 0 Å². The lowest BCUT2D eigenvalue weighted by atomic mass is 10.2. The maximum Gasteiger partial charge on any atom is 0.343 e. The van der Waals surface area contributed by atoms with Crippen molar-refractivity contribution in [1.29, 1.82) is 0 Å². The molecule has 0 fully saturated rings. The monoisotopic (exact) mass is 242 g/mol. The Hall–Kier alpha value is -2.29. The Bertz CT molecular complexity index is 547. The lowest BCUT2D eigenvalue weighted by Crippen LogP contribution is -2.08. The second-order valence-electron chi connectivity index (χ2n) is 3.89. The predicted molar refractivity (Wildman–Crippen MR) is 69.1 cm³/mol. The van der Waals surface area contributed by atoms with E-state index in [1.54, 1.807) is 49.6 Å². The molecule has 2 rings (SSSR count). The zero-order chi connectivity index (χ0) is 13.0. The molecule has 3 nitrogen and oxygen atoms in total. The summed E-state index contributed by atoms with van der Waals surface area (Å²) < 4.78 is 10.4. The predicted octanol–water partition coefficient (Wildman–Crippen LogP) is 3.22. The first-order valence-corrected chi connectivity index (χ1v) is 5.62.